The number of halogens is 1. The molecule has 1 fully saturated rings. The van der Waals surface area contributed by atoms with Crippen molar-refractivity contribution in [3.63, 3.8) is 0 Å². The number of carbonyl (C=O) groups excluding carboxylic acids is 2. The van der Waals surface area contributed by atoms with E-state index >= 15 is 0 Å². The summed E-state index contributed by atoms with van der Waals surface area (Å²) in [5.74, 6) is -1.24. The van der Waals surface area contributed by atoms with Crippen molar-refractivity contribution < 1.29 is 14.0 Å². The lowest BCUT2D eigenvalue weighted by Crippen LogP contribution is -2.42. The molecule has 5 rings (SSSR count). The third-order valence-electron chi connectivity index (χ3n) is 7.48. The highest BCUT2D eigenvalue weighted by Gasteiger charge is 2.46. The number of allylic oxidation sites excluding steroid dienone is 3. The molecule has 0 spiro atoms. The minimum Gasteiger partial charge on any atom is -0.384 e. The molecule has 1 atom stereocenters. The van der Waals surface area contributed by atoms with Crippen LogP contribution in [0.15, 0.2) is 51.3 Å². The second-order valence-corrected chi connectivity index (χ2v) is 13.2. The summed E-state index contributed by atoms with van der Waals surface area (Å²) in [6.07, 6.45) is 6.30. The highest BCUT2D eigenvalue weighted by atomic mass is 32.2. The number of hydrogen-bond acceptors (Lipinski definition) is 9. The summed E-state index contributed by atoms with van der Waals surface area (Å²) < 4.78 is 15.6. The van der Waals surface area contributed by atoms with Crippen molar-refractivity contribution in [2.24, 2.45) is 11.1 Å². The first-order chi connectivity index (χ1) is 18.7. The third-order valence-corrected chi connectivity index (χ3v) is 9.52. The van der Waals surface area contributed by atoms with E-state index in [0.29, 0.717) is 27.2 Å². The van der Waals surface area contributed by atoms with Crippen molar-refractivity contribution in [1.82, 2.24) is 15.5 Å². The lowest BCUT2D eigenvalue weighted by molar-refractivity contribution is -0.119. The van der Waals surface area contributed by atoms with Gasteiger partial charge in [-0.25, -0.2) is 4.39 Å². The zero-order valence-corrected chi connectivity index (χ0v) is 23.6. The number of anilines is 1. The van der Waals surface area contributed by atoms with E-state index in [4.69, 9.17) is 5.73 Å². The summed E-state index contributed by atoms with van der Waals surface area (Å²) in [5.41, 5.74) is 7.58. The third kappa shape index (κ3) is 5.58. The average Bonchev–Trinajstić information content (AvgIpc) is 3.35. The molecule has 1 aromatic carbocycles. The Balaban J connectivity index is 1.46. The van der Waals surface area contributed by atoms with Gasteiger partial charge in [0.2, 0.25) is 11.0 Å². The maximum atomic E-state index is 15.0. The highest BCUT2D eigenvalue weighted by Crippen LogP contribution is 2.51. The number of benzene rings is 1. The molecular weight excluding hydrogens is 535 g/mol. The molecule has 11 heteroatoms. The molecule has 1 saturated carbocycles. The molecule has 3 aliphatic rings. The fourth-order valence-electron chi connectivity index (χ4n) is 5.74. The van der Waals surface area contributed by atoms with Crippen LogP contribution in [0.5, 0.6) is 0 Å². The van der Waals surface area contributed by atoms with Crippen molar-refractivity contribution in [1.29, 1.82) is 5.26 Å². The van der Waals surface area contributed by atoms with Crippen molar-refractivity contribution in [2.75, 3.05) is 10.7 Å². The molecule has 1 aliphatic heterocycles. The number of nitrogens with zero attached hydrogens (tertiary/aromatic N) is 4. The van der Waals surface area contributed by atoms with Crippen LogP contribution in [0.1, 0.15) is 70.3 Å². The second kappa shape index (κ2) is 11.1. The molecular formula is C28H31FN6O2S2. The molecule has 1 unspecified atom stereocenters. The van der Waals surface area contributed by atoms with E-state index in [1.165, 1.54) is 35.6 Å². The minimum atomic E-state index is -0.892. The van der Waals surface area contributed by atoms with E-state index in [1.807, 2.05) is 13.8 Å². The molecule has 0 radical (unpaired) electrons. The maximum absolute atomic E-state index is 15.0. The first-order valence-corrected chi connectivity index (χ1v) is 14.9. The minimum absolute atomic E-state index is 0.0369. The summed E-state index contributed by atoms with van der Waals surface area (Å²) in [6.45, 7) is 3.99. The number of nitrogens with one attached hydrogen (secondary N) is 1. The van der Waals surface area contributed by atoms with E-state index in [9.17, 15) is 19.2 Å². The fourth-order valence-corrected chi connectivity index (χ4v) is 7.43. The molecule has 8 nitrogen and oxygen atoms in total. The molecule has 1 amide bonds. The van der Waals surface area contributed by atoms with E-state index < -0.39 is 11.7 Å². The molecule has 1 aromatic heterocycles. The Morgan fingerprint density at radius 3 is 2.72 bits per heavy atom. The van der Waals surface area contributed by atoms with Crippen molar-refractivity contribution in [3.8, 4) is 6.07 Å². The smallest absolute Gasteiger partial charge is 0.230 e. The number of amides is 1. The van der Waals surface area contributed by atoms with E-state index in [1.54, 1.807) is 23.1 Å². The number of nitriles is 1. The summed E-state index contributed by atoms with van der Waals surface area (Å²) >= 11 is 2.54. The van der Waals surface area contributed by atoms with Crippen LogP contribution in [-0.2, 0) is 9.59 Å². The Hall–Kier alpha value is -3.23. The number of thioether (sulfide) groups is 1. The van der Waals surface area contributed by atoms with Gasteiger partial charge in [0, 0.05) is 29.3 Å². The Morgan fingerprint density at radius 2 is 2.00 bits per heavy atom. The van der Waals surface area contributed by atoms with Gasteiger partial charge in [-0.2, -0.15) is 5.26 Å². The first-order valence-electron chi connectivity index (χ1n) is 13.1. The SMILES string of the molecule is CC1(C)CC(=O)C2=C(C1)N(c1nnc(SCC(=O)NC3CCCCC3)s1)C(N)=C(C#N)C2c1ccccc1F. The second-order valence-electron chi connectivity index (χ2n) is 11.0. The lowest BCUT2D eigenvalue weighted by atomic mass is 9.68. The molecule has 39 heavy (non-hydrogen) atoms. The molecule has 204 valence electrons. The van der Waals surface area contributed by atoms with Gasteiger partial charge in [0.1, 0.15) is 11.6 Å². The number of aromatic nitrogens is 2. The molecule has 2 aromatic rings. The molecule has 3 N–H and O–H groups in total. The first kappa shape index (κ1) is 27.3. The highest BCUT2D eigenvalue weighted by molar-refractivity contribution is 8.01. The number of hydrogen-bond donors (Lipinski definition) is 2. The number of carbonyl (C=O) groups is 2. The summed E-state index contributed by atoms with van der Waals surface area (Å²) in [5, 5.41) is 22.3. The zero-order chi connectivity index (χ0) is 27.7. The van der Waals surface area contributed by atoms with Crippen molar-refractivity contribution in [2.45, 2.75) is 75.1 Å². The molecule has 0 saturated heterocycles. The number of Topliss-reactive ketones (excluding diaryl/α,β-unsaturated/α-hetero) is 1. The standard InChI is InChI=1S/C28H31FN6O2S2/c1-28(2)12-20-24(21(36)13-28)23(17-10-6-7-11-19(17)29)18(14-30)25(31)35(20)26-33-34-27(39-26)38-15-22(37)32-16-8-4-3-5-9-16/h6-7,10-11,16,23H,3-5,8-9,12-13,15,31H2,1-2H3,(H,32,37). The Labute approximate surface area is 235 Å². The van der Waals surface area contributed by atoms with Gasteiger partial charge >= 0.3 is 0 Å². The Kier molecular flexibility index (Phi) is 7.78. The van der Waals surface area contributed by atoms with Gasteiger partial charge in [0.15, 0.2) is 10.1 Å². The van der Waals surface area contributed by atoms with Gasteiger partial charge in [0.05, 0.1) is 23.3 Å². The predicted octanol–water partition coefficient (Wildman–Crippen LogP) is 5.16. The van der Waals surface area contributed by atoms with Crippen LogP contribution in [0.4, 0.5) is 9.52 Å². The van der Waals surface area contributed by atoms with Crippen LogP contribution in [0.3, 0.4) is 0 Å². The van der Waals surface area contributed by atoms with Gasteiger partial charge in [-0.3, -0.25) is 14.5 Å². The summed E-state index contributed by atoms with van der Waals surface area (Å²) in [4.78, 5) is 27.7. The van der Waals surface area contributed by atoms with E-state index in [-0.39, 0.29) is 52.3 Å². The Bertz CT molecular complexity index is 1400. The summed E-state index contributed by atoms with van der Waals surface area (Å²) in [7, 11) is 0. The largest absolute Gasteiger partial charge is 0.384 e. The quantitative estimate of drug-likeness (QED) is 0.460. The monoisotopic (exact) mass is 566 g/mol. The maximum Gasteiger partial charge on any atom is 0.230 e. The fraction of sp³-hybridized carbons (Fsp3) is 0.464. The topological polar surface area (TPSA) is 125 Å². The van der Waals surface area contributed by atoms with Gasteiger partial charge < -0.3 is 11.1 Å². The number of rotatable bonds is 6. The van der Waals surface area contributed by atoms with Crippen LogP contribution >= 0.6 is 23.1 Å². The van der Waals surface area contributed by atoms with Crippen LogP contribution in [0.25, 0.3) is 0 Å². The van der Waals surface area contributed by atoms with Gasteiger partial charge in [-0.05, 0) is 30.7 Å². The van der Waals surface area contributed by atoms with Gasteiger partial charge in [0.25, 0.3) is 0 Å². The zero-order valence-electron chi connectivity index (χ0n) is 22.0. The van der Waals surface area contributed by atoms with Crippen molar-refractivity contribution >= 4 is 39.9 Å². The number of nitrogens with two attached hydrogens (primary N) is 1. The van der Waals surface area contributed by atoms with Gasteiger partial charge in [-0.1, -0.05) is 74.4 Å². The van der Waals surface area contributed by atoms with E-state index in [2.05, 4.69) is 21.6 Å². The van der Waals surface area contributed by atoms with Gasteiger partial charge in [-0.15, -0.1) is 10.2 Å². The number of ketones is 1. The van der Waals surface area contributed by atoms with Crippen LogP contribution < -0.4 is 16.0 Å². The molecule has 0 bridgehead atoms. The molecule has 2 aliphatic carbocycles. The lowest BCUT2D eigenvalue weighted by Gasteiger charge is -2.42. The van der Waals surface area contributed by atoms with Crippen molar-refractivity contribution in [3.05, 3.63) is 58.3 Å². The predicted molar refractivity (Wildman–Crippen MR) is 149 cm³/mol. The van der Waals surface area contributed by atoms with Crippen LogP contribution in [0.2, 0.25) is 0 Å². The van der Waals surface area contributed by atoms with Crippen LogP contribution in [0, 0.1) is 22.6 Å². The average molecular weight is 567 g/mol. The normalized spacial score (nSPS) is 21.5. The van der Waals surface area contributed by atoms with Crippen LogP contribution in [-0.4, -0.2) is 33.7 Å². The Morgan fingerprint density at radius 1 is 1.26 bits per heavy atom. The van der Waals surface area contributed by atoms with E-state index in [0.717, 1.165) is 25.7 Å². The molecule has 2 heterocycles. The summed E-state index contributed by atoms with van der Waals surface area (Å²) in [6, 6.07) is 8.56.